The quantitative estimate of drug-likeness (QED) is 0.153. The van der Waals surface area contributed by atoms with Crippen LogP contribution in [0.15, 0.2) is 29.1 Å². The fourth-order valence-electron chi connectivity index (χ4n) is 3.85. The summed E-state index contributed by atoms with van der Waals surface area (Å²) in [6.45, 7) is 2.63. The number of unbranched alkanes of at least 4 members (excludes halogenated alkanes) is 9. The Hall–Kier alpha value is -1.91. The van der Waals surface area contributed by atoms with Crippen LogP contribution < -0.4 is 53.8 Å². The fraction of sp³-hybridized carbons (Fsp3) is 0.600. The van der Waals surface area contributed by atoms with Crippen molar-refractivity contribution < 1.29 is 66.8 Å². The zero-order valence-electron chi connectivity index (χ0n) is 21.6. The minimum atomic E-state index is -4.98. The number of nitrogens with zero attached hydrogens (tertiary/aromatic N) is 2. The number of amides is 1. The molecule has 0 aliphatic carbocycles. The second-order valence-electron chi connectivity index (χ2n) is 8.28. The van der Waals surface area contributed by atoms with Gasteiger partial charge < -0.3 is 19.3 Å². The number of amidine groups is 1. The third-order valence-corrected chi connectivity index (χ3v) is 5.67. The average Bonchev–Trinajstić information content (AvgIpc) is 3.18. The van der Waals surface area contributed by atoms with Crippen molar-refractivity contribution >= 4 is 17.4 Å². The molecule has 0 saturated carbocycles. The molecule has 196 valence electrons. The minimum Gasteiger partial charge on any atom is -0.876 e. The topological polar surface area (TPSA) is 83.4 Å². The van der Waals surface area contributed by atoms with Gasteiger partial charge in [-0.25, -0.2) is 9.89 Å². The van der Waals surface area contributed by atoms with E-state index in [0.29, 0.717) is 12.4 Å². The molecule has 1 aromatic rings. The van der Waals surface area contributed by atoms with Crippen molar-refractivity contribution in [1.82, 2.24) is 0 Å². The van der Waals surface area contributed by atoms with E-state index in [1.54, 1.807) is 0 Å². The molecule has 0 atom stereocenters. The molecule has 1 heterocycles. The predicted molar refractivity (Wildman–Crippen MR) is 126 cm³/mol. The van der Waals surface area contributed by atoms with Crippen LogP contribution in [-0.2, 0) is 4.79 Å². The van der Waals surface area contributed by atoms with Crippen molar-refractivity contribution in [3.05, 3.63) is 24.1 Å². The van der Waals surface area contributed by atoms with Crippen molar-refractivity contribution in [3.63, 3.8) is 0 Å². The number of benzene rings is 1. The van der Waals surface area contributed by atoms with Gasteiger partial charge in [0.25, 0.3) is 5.91 Å². The molecule has 2 rings (SSSR count). The summed E-state index contributed by atoms with van der Waals surface area (Å²) in [5.74, 6) is -2.60. The van der Waals surface area contributed by atoms with Crippen molar-refractivity contribution in [3.8, 4) is 17.2 Å². The third-order valence-electron chi connectivity index (χ3n) is 5.67. The van der Waals surface area contributed by atoms with Gasteiger partial charge in [-0.15, -0.1) is 6.26 Å². The smallest absolute Gasteiger partial charge is 0.876 e. The van der Waals surface area contributed by atoms with E-state index < -0.39 is 23.6 Å². The molecule has 1 aliphatic heterocycles. The van der Waals surface area contributed by atoms with Gasteiger partial charge in [-0.2, -0.15) is 13.2 Å². The number of ether oxygens (including phenoxy) is 3. The number of hydrogen-bond acceptors (Lipinski definition) is 6. The van der Waals surface area contributed by atoms with Gasteiger partial charge in [0.2, 0.25) is 5.84 Å². The van der Waals surface area contributed by atoms with E-state index in [1.165, 1.54) is 71.3 Å². The number of alkyl halides is 3. The predicted octanol–water partition coefficient (Wildman–Crippen LogP) is 2.52. The molecule has 1 aliphatic rings. The van der Waals surface area contributed by atoms with E-state index in [0.717, 1.165) is 19.3 Å². The van der Waals surface area contributed by atoms with E-state index >= 15 is 0 Å². The van der Waals surface area contributed by atoms with E-state index in [-0.39, 0.29) is 57.9 Å². The van der Waals surface area contributed by atoms with Gasteiger partial charge in [-0.05, 0) is 6.42 Å². The number of methoxy groups -OCH3 is 2. The van der Waals surface area contributed by atoms with Crippen LogP contribution in [-0.4, -0.2) is 38.7 Å². The number of anilines is 1. The van der Waals surface area contributed by atoms with Crippen LogP contribution in [0, 0.1) is 0 Å². The number of hydrogen-bond donors (Lipinski definition) is 0. The molecule has 36 heavy (non-hydrogen) atoms. The van der Waals surface area contributed by atoms with Gasteiger partial charge in [0.05, 0.1) is 20.8 Å². The van der Waals surface area contributed by atoms with Gasteiger partial charge in [-0.3, -0.25) is 4.79 Å². The Kier molecular flexibility index (Phi) is 14.3. The Morgan fingerprint density at radius 3 is 1.89 bits per heavy atom. The second-order valence-corrected chi connectivity index (χ2v) is 8.28. The largest absolute Gasteiger partial charge is 1.00 e. The number of halogens is 3. The molecule has 0 unspecified atom stereocenters. The number of carbonyl (C=O) groups is 1. The first-order chi connectivity index (χ1) is 16.8. The molecule has 0 N–H and O–H groups in total. The first-order valence-electron chi connectivity index (χ1n) is 12.0. The third kappa shape index (κ3) is 8.88. The van der Waals surface area contributed by atoms with Gasteiger partial charge in [0.15, 0.2) is 11.5 Å². The van der Waals surface area contributed by atoms with Gasteiger partial charge >= 0.3 is 35.7 Å². The summed E-state index contributed by atoms with van der Waals surface area (Å²) in [5.41, 5.74) is -1.16. The first kappa shape index (κ1) is 32.1. The monoisotopic (exact) mass is 522 g/mol. The van der Waals surface area contributed by atoms with Crippen LogP contribution >= 0.6 is 0 Å². The molecule has 0 bridgehead atoms. The molecule has 0 spiro atoms. The van der Waals surface area contributed by atoms with E-state index in [1.807, 2.05) is 0 Å². The molecule has 7 nitrogen and oxygen atoms in total. The molecule has 1 aromatic carbocycles. The van der Waals surface area contributed by atoms with Crippen molar-refractivity contribution in [2.45, 2.75) is 77.3 Å². The van der Waals surface area contributed by atoms with Crippen LogP contribution in [0.25, 0.3) is 0 Å². The standard InChI is InChI=1S/C25H35F3N2O5.Na/c1-4-5-6-7-8-9-10-11-12-13-14-35-18-15-20(33-2)22(21(16-18)34-3)30-23(32)19(17-31)29-24(30)25(26,27)28;/h15-17,31H,4-14H2,1-3H3;/q;+1/p-1/b19-17+;. The SMILES string of the molecule is CCCCCCCCCCCCOc1cc(OC)c(N2C(=O)/C(=C\[O-])N=C2C(F)(F)F)c(OC)c1.[Na+]. The minimum absolute atomic E-state index is 0. The Morgan fingerprint density at radius 2 is 1.44 bits per heavy atom. The van der Waals surface area contributed by atoms with Crippen molar-refractivity contribution in [2.24, 2.45) is 4.99 Å². The Balaban J connectivity index is 0.00000648. The van der Waals surface area contributed by atoms with Crippen LogP contribution in [0.1, 0.15) is 71.1 Å². The molecule has 0 saturated heterocycles. The molecule has 11 heteroatoms. The van der Waals surface area contributed by atoms with Crippen molar-refractivity contribution in [2.75, 3.05) is 25.7 Å². The van der Waals surface area contributed by atoms with Crippen molar-refractivity contribution in [1.29, 1.82) is 0 Å². The van der Waals surface area contributed by atoms with Gasteiger partial charge in [-0.1, -0.05) is 64.7 Å². The second kappa shape index (κ2) is 16.0. The maximum absolute atomic E-state index is 13.6. The first-order valence-corrected chi connectivity index (χ1v) is 12.0. The van der Waals surface area contributed by atoms with Gasteiger partial charge in [0, 0.05) is 12.1 Å². The van der Waals surface area contributed by atoms with E-state index in [9.17, 15) is 23.1 Å². The molecular formula is C25H34F3N2NaO5. The van der Waals surface area contributed by atoms with Gasteiger partial charge in [0.1, 0.15) is 17.1 Å². The summed E-state index contributed by atoms with van der Waals surface area (Å²) >= 11 is 0. The zero-order chi connectivity index (χ0) is 25.8. The summed E-state index contributed by atoms with van der Waals surface area (Å²) in [6.07, 6.45) is 6.82. The summed E-state index contributed by atoms with van der Waals surface area (Å²) in [7, 11) is 2.50. The van der Waals surface area contributed by atoms with E-state index in [2.05, 4.69) is 11.9 Å². The Bertz CT molecular complexity index is 881. The number of aliphatic imine (C=N–C) groups is 1. The number of carbonyl (C=O) groups excluding carboxylic acids is 1. The normalized spacial score (nSPS) is 14.6. The zero-order valence-corrected chi connectivity index (χ0v) is 23.6. The summed E-state index contributed by atoms with van der Waals surface area (Å²) in [4.78, 5) is 16.0. The fourth-order valence-corrected chi connectivity index (χ4v) is 3.85. The maximum atomic E-state index is 13.6. The maximum Gasteiger partial charge on any atom is 1.00 e. The summed E-state index contributed by atoms with van der Waals surface area (Å²) in [5, 5.41) is 11.1. The molecule has 0 aromatic heterocycles. The number of rotatable bonds is 15. The summed E-state index contributed by atoms with van der Waals surface area (Å²) < 4.78 is 56.9. The van der Waals surface area contributed by atoms with Crippen LogP contribution in [0.3, 0.4) is 0 Å². The van der Waals surface area contributed by atoms with Crippen LogP contribution in [0.2, 0.25) is 0 Å². The van der Waals surface area contributed by atoms with Crippen LogP contribution in [0.5, 0.6) is 17.2 Å². The molecular weight excluding hydrogens is 488 g/mol. The van der Waals surface area contributed by atoms with E-state index in [4.69, 9.17) is 14.2 Å². The molecule has 0 radical (unpaired) electrons. The Labute approximate surface area is 233 Å². The average molecular weight is 523 g/mol. The Morgan fingerprint density at radius 1 is 0.944 bits per heavy atom. The van der Waals surface area contributed by atoms with Crippen LogP contribution in [0.4, 0.5) is 18.9 Å². The molecule has 0 fully saturated rings. The summed E-state index contributed by atoms with van der Waals surface area (Å²) in [6, 6.07) is 2.77. The molecule has 1 amide bonds.